The minimum Gasteiger partial charge on any atom is -0.395 e. The van der Waals surface area contributed by atoms with Gasteiger partial charge in [-0.05, 0) is 23.6 Å². The van der Waals surface area contributed by atoms with Crippen LogP contribution in [0.1, 0.15) is 44.9 Å². The van der Waals surface area contributed by atoms with E-state index in [0.717, 1.165) is 5.69 Å². The van der Waals surface area contributed by atoms with E-state index in [-0.39, 0.29) is 12.0 Å². The number of hydrogen-bond donors (Lipinski definition) is 1. The Kier molecular flexibility index (Phi) is 3.27. The highest BCUT2D eigenvalue weighted by molar-refractivity contribution is 5.24. The molecule has 78 valence electrons. The molecule has 0 radical (unpaired) electrons. The monoisotopic (exact) mass is 193 g/mol. The van der Waals surface area contributed by atoms with E-state index in [1.54, 1.807) is 0 Å². The average molecular weight is 193 g/mol. The Balaban J connectivity index is 3.05. The van der Waals surface area contributed by atoms with Crippen LogP contribution in [0, 0.1) is 0 Å². The smallest absolute Gasteiger partial charge is 0.0537 e. The van der Waals surface area contributed by atoms with E-state index in [2.05, 4.69) is 24.9 Å². The summed E-state index contributed by atoms with van der Waals surface area (Å²) in [6, 6.07) is 4.11. The molecule has 14 heavy (non-hydrogen) atoms. The zero-order valence-corrected chi connectivity index (χ0v) is 9.41. The molecule has 0 saturated heterocycles. The maximum absolute atomic E-state index is 9.24. The van der Waals surface area contributed by atoms with Gasteiger partial charge < -0.3 is 5.11 Å². The van der Waals surface area contributed by atoms with Gasteiger partial charge in [-0.15, -0.1) is 0 Å². The van der Waals surface area contributed by atoms with Crippen molar-refractivity contribution in [3.8, 4) is 0 Å². The Morgan fingerprint density at radius 1 is 1.43 bits per heavy atom. The van der Waals surface area contributed by atoms with Crippen molar-refractivity contribution in [2.75, 3.05) is 6.61 Å². The molecule has 2 heteroatoms. The number of rotatable bonds is 3. The molecule has 0 saturated carbocycles. The van der Waals surface area contributed by atoms with Crippen molar-refractivity contribution in [1.29, 1.82) is 0 Å². The summed E-state index contributed by atoms with van der Waals surface area (Å²) in [5, 5.41) is 9.24. The van der Waals surface area contributed by atoms with Crippen molar-refractivity contribution in [1.82, 2.24) is 4.98 Å². The summed E-state index contributed by atoms with van der Waals surface area (Å²) in [5.41, 5.74) is 1.99. The van der Waals surface area contributed by atoms with E-state index in [9.17, 15) is 5.11 Å². The minimum atomic E-state index is -0.245. The maximum atomic E-state index is 9.24. The molecular weight excluding hydrogens is 174 g/mol. The molecule has 0 aliphatic carbocycles. The molecule has 0 aliphatic heterocycles. The second-order valence-corrected chi connectivity index (χ2v) is 4.67. The topological polar surface area (TPSA) is 33.1 Å². The summed E-state index contributed by atoms with van der Waals surface area (Å²) in [5.74, 6) is 0.506. The predicted molar refractivity (Wildman–Crippen MR) is 58.4 cm³/mol. The van der Waals surface area contributed by atoms with E-state index in [1.165, 1.54) is 5.56 Å². The Morgan fingerprint density at radius 3 is 2.57 bits per heavy atom. The summed E-state index contributed by atoms with van der Waals surface area (Å²) in [6.45, 7) is 8.44. The van der Waals surface area contributed by atoms with Crippen LogP contribution in [-0.2, 0) is 5.41 Å². The quantitative estimate of drug-likeness (QED) is 0.800. The van der Waals surface area contributed by atoms with Gasteiger partial charge in [0.05, 0.1) is 6.61 Å². The molecule has 0 unspecified atom stereocenters. The lowest BCUT2D eigenvalue weighted by Crippen LogP contribution is -2.23. The second kappa shape index (κ2) is 4.09. The average Bonchev–Trinajstić information content (AvgIpc) is 2.18. The number of aliphatic hydroxyl groups is 1. The van der Waals surface area contributed by atoms with Gasteiger partial charge in [0.2, 0.25) is 0 Å². The van der Waals surface area contributed by atoms with E-state index in [0.29, 0.717) is 5.92 Å². The molecule has 0 bridgehead atoms. The van der Waals surface area contributed by atoms with Gasteiger partial charge in [0.15, 0.2) is 0 Å². The first-order chi connectivity index (χ1) is 6.47. The van der Waals surface area contributed by atoms with Crippen LogP contribution in [-0.4, -0.2) is 16.7 Å². The molecule has 0 aliphatic rings. The van der Waals surface area contributed by atoms with Crippen LogP contribution in [0.15, 0.2) is 18.3 Å². The van der Waals surface area contributed by atoms with Gasteiger partial charge in [0.1, 0.15) is 0 Å². The molecule has 1 rings (SSSR count). The number of pyridine rings is 1. The lowest BCUT2D eigenvalue weighted by Gasteiger charge is -2.21. The van der Waals surface area contributed by atoms with Crippen LogP contribution in [0.25, 0.3) is 0 Å². The fourth-order valence-corrected chi connectivity index (χ4v) is 1.26. The second-order valence-electron chi connectivity index (χ2n) is 4.67. The number of nitrogens with zero attached hydrogens (tertiary/aromatic N) is 1. The molecule has 0 aromatic carbocycles. The fourth-order valence-electron chi connectivity index (χ4n) is 1.26. The first-order valence-corrected chi connectivity index (χ1v) is 5.04. The molecule has 1 N–H and O–H groups in total. The first kappa shape index (κ1) is 11.2. The largest absolute Gasteiger partial charge is 0.395 e. The third-order valence-electron chi connectivity index (χ3n) is 2.54. The van der Waals surface area contributed by atoms with Gasteiger partial charge in [-0.2, -0.15) is 0 Å². The van der Waals surface area contributed by atoms with Gasteiger partial charge >= 0.3 is 0 Å². The summed E-state index contributed by atoms with van der Waals surface area (Å²) in [4.78, 5) is 4.30. The van der Waals surface area contributed by atoms with Crippen LogP contribution >= 0.6 is 0 Å². The van der Waals surface area contributed by atoms with Crippen molar-refractivity contribution in [3.05, 3.63) is 29.6 Å². The van der Waals surface area contributed by atoms with E-state index in [1.807, 2.05) is 26.1 Å². The lowest BCUT2D eigenvalue weighted by molar-refractivity contribution is 0.215. The summed E-state index contributed by atoms with van der Waals surface area (Å²) >= 11 is 0. The Hall–Kier alpha value is -0.890. The maximum Gasteiger partial charge on any atom is 0.0537 e. The Labute approximate surface area is 86.0 Å². The van der Waals surface area contributed by atoms with Gasteiger partial charge in [-0.25, -0.2) is 0 Å². The van der Waals surface area contributed by atoms with E-state index in [4.69, 9.17) is 0 Å². The third kappa shape index (κ3) is 2.32. The van der Waals surface area contributed by atoms with Crippen molar-refractivity contribution in [2.45, 2.75) is 39.0 Å². The fraction of sp³-hybridized carbons (Fsp3) is 0.583. The third-order valence-corrected chi connectivity index (χ3v) is 2.54. The Morgan fingerprint density at radius 2 is 2.07 bits per heavy atom. The highest BCUT2D eigenvalue weighted by atomic mass is 16.3. The van der Waals surface area contributed by atoms with Gasteiger partial charge in [0, 0.05) is 17.3 Å². The number of hydrogen-bond acceptors (Lipinski definition) is 2. The molecule has 1 aromatic rings. The molecule has 1 heterocycles. The van der Waals surface area contributed by atoms with Crippen molar-refractivity contribution >= 4 is 0 Å². The molecule has 0 fully saturated rings. The summed E-state index contributed by atoms with van der Waals surface area (Å²) < 4.78 is 0. The van der Waals surface area contributed by atoms with Gasteiger partial charge in [-0.3, -0.25) is 4.98 Å². The number of aromatic nitrogens is 1. The number of aliphatic hydroxyl groups excluding tert-OH is 1. The molecule has 2 nitrogen and oxygen atoms in total. The standard InChI is InChI=1S/C12H19NO/c1-9(2)10-5-6-13-11(7-10)12(3,4)8-14/h5-7,9,14H,8H2,1-4H3. The zero-order chi connectivity index (χ0) is 10.8. The molecule has 1 aromatic heterocycles. The van der Waals surface area contributed by atoms with Crippen molar-refractivity contribution in [3.63, 3.8) is 0 Å². The molecular formula is C12H19NO. The zero-order valence-electron chi connectivity index (χ0n) is 9.41. The summed E-state index contributed by atoms with van der Waals surface area (Å²) in [6.07, 6.45) is 1.82. The van der Waals surface area contributed by atoms with Crippen molar-refractivity contribution < 1.29 is 5.11 Å². The first-order valence-electron chi connectivity index (χ1n) is 5.04. The van der Waals surface area contributed by atoms with Crippen LogP contribution < -0.4 is 0 Å². The lowest BCUT2D eigenvalue weighted by atomic mass is 9.88. The molecule has 0 spiro atoms. The van der Waals surface area contributed by atoms with Gasteiger partial charge in [0.25, 0.3) is 0 Å². The SMILES string of the molecule is CC(C)c1ccnc(C(C)(C)CO)c1. The Bertz CT molecular complexity index is 305. The summed E-state index contributed by atoms with van der Waals surface area (Å²) in [7, 11) is 0. The predicted octanol–water partition coefficient (Wildman–Crippen LogP) is 2.47. The van der Waals surface area contributed by atoms with E-state index < -0.39 is 0 Å². The molecule has 0 amide bonds. The highest BCUT2D eigenvalue weighted by Crippen LogP contribution is 2.23. The van der Waals surface area contributed by atoms with Crippen molar-refractivity contribution in [2.24, 2.45) is 0 Å². The van der Waals surface area contributed by atoms with Gasteiger partial charge in [-0.1, -0.05) is 27.7 Å². The highest BCUT2D eigenvalue weighted by Gasteiger charge is 2.21. The van der Waals surface area contributed by atoms with E-state index >= 15 is 0 Å². The van der Waals surface area contributed by atoms with Crippen LogP contribution in [0.2, 0.25) is 0 Å². The minimum absolute atomic E-state index is 0.127. The van der Waals surface area contributed by atoms with Crippen LogP contribution in [0.5, 0.6) is 0 Å². The van der Waals surface area contributed by atoms with Crippen LogP contribution in [0.4, 0.5) is 0 Å². The molecule has 0 atom stereocenters. The normalized spacial score (nSPS) is 12.1. The van der Waals surface area contributed by atoms with Crippen LogP contribution in [0.3, 0.4) is 0 Å².